The second-order valence-electron chi connectivity index (χ2n) is 3.61. The molecule has 0 amide bonds. The first-order valence-electron chi connectivity index (χ1n) is 5.15. The highest BCUT2D eigenvalue weighted by Crippen LogP contribution is 2.33. The van der Waals surface area contributed by atoms with Crippen molar-refractivity contribution in [3.8, 4) is 9.88 Å². The molecular formula is C10H14N4S2. The van der Waals surface area contributed by atoms with E-state index in [4.69, 9.17) is 5.73 Å². The Morgan fingerprint density at radius 3 is 2.56 bits per heavy atom. The Bertz CT molecular complexity index is 489. The van der Waals surface area contributed by atoms with Crippen molar-refractivity contribution in [3.05, 3.63) is 15.7 Å². The van der Waals surface area contributed by atoms with Crippen LogP contribution in [0.4, 0.5) is 0 Å². The molecule has 1 unspecified atom stereocenters. The van der Waals surface area contributed by atoms with E-state index in [1.54, 1.807) is 22.7 Å². The van der Waals surface area contributed by atoms with Crippen LogP contribution in [0.3, 0.4) is 0 Å². The molecule has 2 rings (SSSR count). The van der Waals surface area contributed by atoms with Crippen LogP contribution < -0.4 is 5.73 Å². The maximum Gasteiger partial charge on any atom is 0.159 e. The highest BCUT2D eigenvalue weighted by atomic mass is 32.1. The summed E-state index contributed by atoms with van der Waals surface area (Å²) >= 11 is 3.23. The minimum absolute atomic E-state index is 0.000532. The van der Waals surface area contributed by atoms with Crippen molar-refractivity contribution in [3.63, 3.8) is 0 Å². The molecule has 0 aliphatic heterocycles. The van der Waals surface area contributed by atoms with Gasteiger partial charge in [-0.1, -0.05) is 18.3 Å². The molecule has 2 heterocycles. The van der Waals surface area contributed by atoms with E-state index in [2.05, 4.69) is 15.2 Å². The van der Waals surface area contributed by atoms with Crippen LogP contribution in [0.15, 0.2) is 0 Å². The summed E-state index contributed by atoms with van der Waals surface area (Å²) in [7, 11) is 0. The summed E-state index contributed by atoms with van der Waals surface area (Å²) in [5.41, 5.74) is 6.95. The van der Waals surface area contributed by atoms with E-state index in [1.165, 1.54) is 0 Å². The largest absolute Gasteiger partial charge is 0.322 e. The van der Waals surface area contributed by atoms with Crippen molar-refractivity contribution in [1.29, 1.82) is 0 Å². The number of nitrogens with two attached hydrogens (primary N) is 1. The van der Waals surface area contributed by atoms with Gasteiger partial charge in [0.05, 0.1) is 21.6 Å². The van der Waals surface area contributed by atoms with Crippen LogP contribution in [0, 0.1) is 13.8 Å². The van der Waals surface area contributed by atoms with E-state index in [9.17, 15) is 0 Å². The van der Waals surface area contributed by atoms with Crippen LogP contribution in [-0.4, -0.2) is 15.2 Å². The van der Waals surface area contributed by atoms with E-state index in [0.29, 0.717) is 0 Å². The maximum absolute atomic E-state index is 5.92. The predicted molar refractivity (Wildman–Crippen MR) is 67.7 cm³/mol. The first-order chi connectivity index (χ1) is 7.61. The minimum atomic E-state index is 0.000532. The lowest BCUT2D eigenvalue weighted by Gasteiger charge is -2.00. The summed E-state index contributed by atoms with van der Waals surface area (Å²) in [5.74, 6) is 0. The molecule has 0 radical (unpaired) electrons. The number of aromatic nitrogens is 3. The lowest BCUT2D eigenvalue weighted by Crippen LogP contribution is -2.07. The average molecular weight is 254 g/mol. The van der Waals surface area contributed by atoms with Gasteiger partial charge in [-0.25, -0.2) is 4.98 Å². The molecule has 0 aliphatic carbocycles. The number of hydrogen-bond donors (Lipinski definition) is 1. The van der Waals surface area contributed by atoms with Crippen molar-refractivity contribution in [2.24, 2.45) is 5.73 Å². The fourth-order valence-electron chi connectivity index (χ4n) is 1.38. The number of hydrogen-bond acceptors (Lipinski definition) is 6. The van der Waals surface area contributed by atoms with Crippen molar-refractivity contribution >= 4 is 22.7 Å². The van der Waals surface area contributed by atoms with Gasteiger partial charge in [-0.2, -0.15) is 0 Å². The van der Waals surface area contributed by atoms with Gasteiger partial charge in [0.1, 0.15) is 5.01 Å². The first kappa shape index (κ1) is 11.6. The van der Waals surface area contributed by atoms with Crippen LogP contribution in [0.25, 0.3) is 9.88 Å². The summed E-state index contributed by atoms with van der Waals surface area (Å²) < 4.78 is 0. The van der Waals surface area contributed by atoms with Crippen molar-refractivity contribution in [2.75, 3.05) is 0 Å². The van der Waals surface area contributed by atoms with Crippen molar-refractivity contribution in [2.45, 2.75) is 33.2 Å². The molecule has 2 N–H and O–H groups in total. The third-order valence-corrected chi connectivity index (χ3v) is 4.58. The summed E-state index contributed by atoms with van der Waals surface area (Å²) in [5, 5.41) is 11.2. The summed E-state index contributed by atoms with van der Waals surface area (Å²) in [6.07, 6.45) is 0.884. The van der Waals surface area contributed by atoms with Gasteiger partial charge in [0.25, 0.3) is 0 Å². The smallest absolute Gasteiger partial charge is 0.159 e. The standard InChI is InChI=1S/C10H14N4S2/c1-4-7(11)9-13-14-10(16-9)8-5(2)12-6(3)15-8/h7H,4,11H2,1-3H3. The number of thiazole rings is 1. The molecule has 0 aliphatic rings. The quantitative estimate of drug-likeness (QED) is 0.914. The van der Waals surface area contributed by atoms with E-state index >= 15 is 0 Å². The molecule has 16 heavy (non-hydrogen) atoms. The van der Waals surface area contributed by atoms with Gasteiger partial charge in [-0.05, 0) is 20.3 Å². The molecule has 2 aromatic heterocycles. The van der Waals surface area contributed by atoms with Crippen LogP contribution in [0.1, 0.15) is 35.1 Å². The van der Waals surface area contributed by atoms with Crippen molar-refractivity contribution < 1.29 is 0 Å². The molecule has 0 aromatic carbocycles. The van der Waals surface area contributed by atoms with E-state index in [0.717, 1.165) is 32.0 Å². The van der Waals surface area contributed by atoms with Gasteiger partial charge in [0.15, 0.2) is 5.01 Å². The normalized spacial score (nSPS) is 13.0. The number of rotatable bonds is 3. The molecule has 4 nitrogen and oxygen atoms in total. The van der Waals surface area contributed by atoms with E-state index < -0.39 is 0 Å². The molecule has 6 heteroatoms. The Hall–Kier alpha value is -0.850. The molecule has 1 atom stereocenters. The number of aryl methyl sites for hydroxylation is 2. The zero-order valence-electron chi connectivity index (χ0n) is 9.52. The second kappa shape index (κ2) is 4.57. The lowest BCUT2D eigenvalue weighted by atomic mass is 10.3. The third-order valence-electron chi connectivity index (χ3n) is 2.30. The molecule has 86 valence electrons. The lowest BCUT2D eigenvalue weighted by molar-refractivity contribution is 0.683. The molecule has 0 saturated carbocycles. The fourth-order valence-corrected chi connectivity index (χ4v) is 3.35. The maximum atomic E-state index is 5.92. The van der Waals surface area contributed by atoms with Crippen molar-refractivity contribution in [1.82, 2.24) is 15.2 Å². The Labute approximate surface area is 103 Å². The van der Waals surface area contributed by atoms with Gasteiger partial charge in [-0.3, -0.25) is 0 Å². The molecule has 0 fully saturated rings. The van der Waals surface area contributed by atoms with E-state index in [-0.39, 0.29) is 6.04 Å². The molecule has 0 saturated heterocycles. The van der Waals surface area contributed by atoms with E-state index in [1.807, 2.05) is 20.8 Å². The highest BCUT2D eigenvalue weighted by molar-refractivity contribution is 7.21. The number of nitrogens with zero attached hydrogens (tertiary/aromatic N) is 3. The SMILES string of the molecule is CCC(N)c1nnc(-c2sc(C)nc2C)s1. The molecular weight excluding hydrogens is 240 g/mol. The van der Waals surface area contributed by atoms with Gasteiger partial charge in [0, 0.05) is 0 Å². The average Bonchev–Trinajstić information content (AvgIpc) is 2.83. The summed E-state index contributed by atoms with van der Waals surface area (Å²) in [6, 6.07) is 0.000532. The zero-order valence-corrected chi connectivity index (χ0v) is 11.2. The zero-order chi connectivity index (χ0) is 11.7. The van der Waals surface area contributed by atoms with Crippen LogP contribution in [-0.2, 0) is 0 Å². The Morgan fingerprint density at radius 2 is 2.00 bits per heavy atom. The molecule has 0 spiro atoms. The molecule has 2 aromatic rings. The molecule has 0 bridgehead atoms. The summed E-state index contributed by atoms with van der Waals surface area (Å²) in [6.45, 7) is 6.05. The predicted octanol–water partition coefficient (Wildman–Crippen LogP) is 2.69. The Kier molecular flexibility index (Phi) is 3.32. The first-order valence-corrected chi connectivity index (χ1v) is 6.78. The van der Waals surface area contributed by atoms with Gasteiger partial charge >= 0.3 is 0 Å². The fraction of sp³-hybridized carbons (Fsp3) is 0.500. The van der Waals surface area contributed by atoms with Crippen LogP contribution >= 0.6 is 22.7 Å². The second-order valence-corrected chi connectivity index (χ2v) is 5.82. The topological polar surface area (TPSA) is 64.7 Å². The third kappa shape index (κ3) is 2.14. The van der Waals surface area contributed by atoms with Crippen LogP contribution in [0.5, 0.6) is 0 Å². The van der Waals surface area contributed by atoms with Crippen LogP contribution in [0.2, 0.25) is 0 Å². The highest BCUT2D eigenvalue weighted by Gasteiger charge is 2.15. The van der Waals surface area contributed by atoms with Gasteiger partial charge < -0.3 is 5.73 Å². The minimum Gasteiger partial charge on any atom is -0.322 e. The monoisotopic (exact) mass is 254 g/mol. The van der Waals surface area contributed by atoms with Gasteiger partial charge in [-0.15, -0.1) is 21.5 Å². The van der Waals surface area contributed by atoms with Gasteiger partial charge in [0.2, 0.25) is 0 Å². The Morgan fingerprint density at radius 1 is 1.25 bits per heavy atom. The summed E-state index contributed by atoms with van der Waals surface area (Å²) in [4.78, 5) is 5.50. The Balaban J connectivity index is 2.35.